The third-order valence-corrected chi connectivity index (χ3v) is 13.8. The molecule has 2 nitrogen and oxygen atoms in total. The van der Waals surface area contributed by atoms with Gasteiger partial charge in [-0.2, -0.15) is 0 Å². The molecular formula is C64H62N2. The first-order chi connectivity index (χ1) is 32.3. The molecule has 9 rings (SSSR count). The van der Waals surface area contributed by atoms with Gasteiger partial charge >= 0.3 is 0 Å². The number of hydrogen-bond acceptors (Lipinski definition) is 1. The molecule has 2 atom stereocenters. The SMILES string of the molecule is CC/C(C)=C(\N=C(C1=CC=CCC1)C(/C=C(\C)c1ccc(-n2c3ccccc3c3cc(C(C)Cc4ccccc4-c4ccccc4C)c(-c4ccccc4)cc32)cc1)CC)c1ccccc1. The smallest absolute Gasteiger partial charge is 0.0694 e. The molecule has 1 aromatic heterocycles. The van der Waals surface area contributed by atoms with Gasteiger partial charge in [-0.1, -0.05) is 185 Å². The Morgan fingerprint density at radius 1 is 0.667 bits per heavy atom. The van der Waals surface area contributed by atoms with Gasteiger partial charge in [-0.25, -0.2) is 0 Å². The van der Waals surface area contributed by atoms with Crippen molar-refractivity contribution < 1.29 is 0 Å². The highest BCUT2D eigenvalue weighted by molar-refractivity contribution is 6.11. The van der Waals surface area contributed by atoms with E-state index >= 15 is 0 Å². The van der Waals surface area contributed by atoms with Gasteiger partial charge in [0.2, 0.25) is 0 Å². The molecule has 7 aromatic carbocycles. The lowest BCUT2D eigenvalue weighted by Gasteiger charge is -2.21. The van der Waals surface area contributed by atoms with Gasteiger partial charge in [0.1, 0.15) is 0 Å². The van der Waals surface area contributed by atoms with Crippen molar-refractivity contribution in [1.82, 2.24) is 4.57 Å². The lowest BCUT2D eigenvalue weighted by Crippen LogP contribution is -2.16. The van der Waals surface area contributed by atoms with Gasteiger partial charge in [0.05, 0.1) is 22.4 Å². The van der Waals surface area contributed by atoms with E-state index in [1.54, 1.807) is 0 Å². The molecule has 328 valence electrons. The molecule has 0 aliphatic heterocycles. The topological polar surface area (TPSA) is 17.3 Å². The summed E-state index contributed by atoms with van der Waals surface area (Å²) in [5.41, 5.74) is 21.4. The average molecular weight is 859 g/mol. The van der Waals surface area contributed by atoms with Crippen LogP contribution in [0.15, 0.2) is 210 Å². The van der Waals surface area contributed by atoms with Crippen LogP contribution in [-0.4, -0.2) is 10.3 Å². The van der Waals surface area contributed by atoms with Crippen molar-refractivity contribution in [3.8, 4) is 27.9 Å². The summed E-state index contributed by atoms with van der Waals surface area (Å²) in [5, 5.41) is 2.55. The number of rotatable bonds is 14. The lowest BCUT2D eigenvalue weighted by molar-refractivity contribution is 0.763. The van der Waals surface area contributed by atoms with Crippen LogP contribution in [0.25, 0.3) is 61.0 Å². The van der Waals surface area contributed by atoms with Crippen LogP contribution in [0, 0.1) is 12.8 Å². The molecule has 1 aliphatic carbocycles. The normalized spacial score (nSPS) is 14.6. The summed E-state index contributed by atoms with van der Waals surface area (Å²) in [5.74, 6) is 0.443. The van der Waals surface area contributed by atoms with Gasteiger partial charge in [-0.05, 0) is 150 Å². The Labute approximate surface area is 393 Å². The van der Waals surface area contributed by atoms with E-state index in [0.29, 0.717) is 0 Å². The van der Waals surface area contributed by atoms with E-state index in [0.717, 1.165) is 43.5 Å². The summed E-state index contributed by atoms with van der Waals surface area (Å²) in [6, 6.07) is 62.6. The van der Waals surface area contributed by atoms with Crippen LogP contribution in [0.2, 0.25) is 0 Å². The van der Waals surface area contributed by atoms with Crippen molar-refractivity contribution in [3.05, 3.63) is 233 Å². The first-order valence-corrected chi connectivity index (χ1v) is 24.1. The van der Waals surface area contributed by atoms with Gasteiger partial charge in [0.15, 0.2) is 0 Å². The van der Waals surface area contributed by atoms with Gasteiger partial charge in [-0.3, -0.25) is 4.99 Å². The number of fused-ring (bicyclic) bond motifs is 3. The second-order valence-corrected chi connectivity index (χ2v) is 18.2. The standard InChI is InChI=1S/C64H62N2/c1-7-44(3)63(51-27-14-10-15-28-51)65-64(52-29-16-11-17-30-52)48(8-2)40-46(5)49-36-38-54(39-37-49)66-61-35-23-22-34-57(61)60-42-58(59(43-62(60)66)50-25-12-9-13-26-50)47(6)41-53-31-19-21-33-56(53)55-32-20-18-24-45(55)4/h9-16,18-29,31-40,42-43,47-48H,7-8,17,30,41H2,1-6H3/b46-40+,63-44-,65-64?. The van der Waals surface area contributed by atoms with E-state index in [2.05, 4.69) is 240 Å². The predicted octanol–water partition coefficient (Wildman–Crippen LogP) is 17.8. The number of aryl methyl sites for hydroxylation is 1. The van der Waals surface area contributed by atoms with Gasteiger partial charge < -0.3 is 4.57 Å². The zero-order valence-corrected chi connectivity index (χ0v) is 39.6. The molecule has 1 heterocycles. The predicted molar refractivity (Wildman–Crippen MR) is 286 cm³/mol. The van der Waals surface area contributed by atoms with E-state index in [1.807, 2.05) is 0 Å². The van der Waals surface area contributed by atoms with Crippen molar-refractivity contribution in [2.24, 2.45) is 10.9 Å². The Hall–Kier alpha value is -7.03. The second kappa shape index (κ2) is 20.0. The van der Waals surface area contributed by atoms with E-state index in [1.165, 1.54) is 94.3 Å². The number of allylic oxidation sites excluding steroid dienone is 7. The quantitative estimate of drug-likeness (QED) is 0.0970. The maximum absolute atomic E-state index is 5.60. The third kappa shape index (κ3) is 9.11. The number of aliphatic imine (C=N–C) groups is 1. The fraction of sp³-hybridized carbons (Fsp3) is 0.203. The number of aromatic nitrogens is 1. The summed E-state index contributed by atoms with van der Waals surface area (Å²) >= 11 is 0. The number of benzene rings is 7. The largest absolute Gasteiger partial charge is 0.309 e. The van der Waals surface area contributed by atoms with E-state index in [9.17, 15) is 0 Å². The Kier molecular flexibility index (Phi) is 13.4. The first kappa shape index (κ1) is 44.2. The van der Waals surface area contributed by atoms with Gasteiger partial charge in [0.25, 0.3) is 0 Å². The van der Waals surface area contributed by atoms with Crippen LogP contribution in [0.3, 0.4) is 0 Å². The fourth-order valence-corrected chi connectivity index (χ4v) is 10.0. The highest BCUT2D eigenvalue weighted by atomic mass is 15.0. The molecular weight excluding hydrogens is 797 g/mol. The Morgan fingerprint density at radius 2 is 1.35 bits per heavy atom. The molecule has 0 saturated heterocycles. The highest BCUT2D eigenvalue weighted by Gasteiger charge is 2.22. The summed E-state index contributed by atoms with van der Waals surface area (Å²) in [4.78, 5) is 5.60. The molecule has 66 heavy (non-hydrogen) atoms. The Morgan fingerprint density at radius 3 is 2.06 bits per heavy atom. The van der Waals surface area contributed by atoms with Crippen molar-refractivity contribution in [1.29, 1.82) is 0 Å². The first-order valence-electron chi connectivity index (χ1n) is 24.1. The van der Waals surface area contributed by atoms with Crippen LogP contribution < -0.4 is 0 Å². The minimum absolute atomic E-state index is 0.173. The number of para-hydroxylation sites is 1. The Bertz CT molecular complexity index is 3150. The van der Waals surface area contributed by atoms with Gasteiger partial charge in [0, 0.05) is 27.9 Å². The molecule has 0 fully saturated rings. The van der Waals surface area contributed by atoms with Crippen LogP contribution in [-0.2, 0) is 6.42 Å². The van der Waals surface area contributed by atoms with E-state index < -0.39 is 0 Å². The zero-order chi connectivity index (χ0) is 45.6. The third-order valence-electron chi connectivity index (χ3n) is 13.8. The molecule has 2 heteroatoms. The average Bonchev–Trinajstić information content (AvgIpc) is 3.70. The zero-order valence-electron chi connectivity index (χ0n) is 39.6. The van der Waals surface area contributed by atoms with E-state index in [-0.39, 0.29) is 11.8 Å². The molecule has 0 bridgehead atoms. The van der Waals surface area contributed by atoms with Crippen molar-refractivity contribution in [2.45, 2.75) is 79.6 Å². The van der Waals surface area contributed by atoms with Gasteiger partial charge in [-0.15, -0.1) is 0 Å². The molecule has 1 aliphatic rings. The second-order valence-electron chi connectivity index (χ2n) is 18.2. The summed E-state index contributed by atoms with van der Waals surface area (Å²) in [6.07, 6.45) is 14.1. The van der Waals surface area contributed by atoms with Crippen molar-refractivity contribution in [3.63, 3.8) is 0 Å². The summed E-state index contributed by atoms with van der Waals surface area (Å²) in [6.45, 7) is 13.7. The minimum Gasteiger partial charge on any atom is -0.309 e. The monoisotopic (exact) mass is 858 g/mol. The molecule has 0 N–H and O–H groups in total. The molecule has 0 saturated carbocycles. The van der Waals surface area contributed by atoms with Crippen molar-refractivity contribution >= 4 is 38.8 Å². The summed E-state index contributed by atoms with van der Waals surface area (Å²) in [7, 11) is 0. The summed E-state index contributed by atoms with van der Waals surface area (Å²) < 4.78 is 2.47. The molecule has 2 unspecified atom stereocenters. The minimum atomic E-state index is 0.173. The van der Waals surface area contributed by atoms with Crippen LogP contribution in [0.1, 0.15) is 94.0 Å². The maximum Gasteiger partial charge on any atom is 0.0694 e. The molecule has 0 radical (unpaired) electrons. The molecule has 0 spiro atoms. The van der Waals surface area contributed by atoms with Crippen LogP contribution >= 0.6 is 0 Å². The fourth-order valence-electron chi connectivity index (χ4n) is 10.0. The Balaban J connectivity index is 1.11. The van der Waals surface area contributed by atoms with Crippen LogP contribution in [0.5, 0.6) is 0 Å². The number of hydrogen-bond donors (Lipinski definition) is 0. The van der Waals surface area contributed by atoms with E-state index in [4.69, 9.17) is 4.99 Å². The molecule has 8 aromatic rings. The maximum atomic E-state index is 5.60. The molecule has 0 amide bonds. The van der Waals surface area contributed by atoms with Crippen LogP contribution in [0.4, 0.5) is 0 Å². The number of nitrogens with zero attached hydrogens (tertiary/aromatic N) is 2. The highest BCUT2D eigenvalue weighted by Crippen LogP contribution is 2.41. The lowest BCUT2D eigenvalue weighted by atomic mass is 9.84. The van der Waals surface area contributed by atoms with Crippen molar-refractivity contribution in [2.75, 3.05) is 0 Å².